The number of benzene rings is 3. The van der Waals surface area contributed by atoms with Crippen LogP contribution in [0.2, 0.25) is 0 Å². The van der Waals surface area contributed by atoms with Crippen molar-refractivity contribution in [2.24, 2.45) is 0 Å². The van der Waals surface area contributed by atoms with E-state index < -0.39 is 0 Å². The zero-order chi connectivity index (χ0) is 24.4. The minimum absolute atomic E-state index is 0.0411. The number of nitrogens with zero attached hydrogens (tertiary/aromatic N) is 2. The van der Waals surface area contributed by atoms with E-state index in [9.17, 15) is 4.79 Å². The first kappa shape index (κ1) is 23.8. The highest BCUT2D eigenvalue weighted by molar-refractivity contribution is 7.20. The molecular weight excluding hydrogens is 452 g/mol. The molecule has 0 atom stereocenters. The summed E-state index contributed by atoms with van der Waals surface area (Å²) in [5.74, 6) is 1.57. The molecule has 0 spiro atoms. The van der Waals surface area contributed by atoms with Crippen LogP contribution in [0.5, 0.6) is 5.75 Å². The predicted molar refractivity (Wildman–Crippen MR) is 147 cm³/mol. The molecule has 0 bridgehead atoms. The van der Waals surface area contributed by atoms with Crippen molar-refractivity contribution in [2.45, 2.75) is 32.1 Å². The van der Waals surface area contributed by atoms with Crippen LogP contribution in [0.1, 0.15) is 46.0 Å². The van der Waals surface area contributed by atoms with Gasteiger partial charge in [-0.05, 0) is 79.7 Å². The van der Waals surface area contributed by atoms with Gasteiger partial charge in [0.2, 0.25) is 0 Å². The number of carbonyl (C=O) groups is 1. The number of aryl methyl sites for hydroxylation is 1. The highest BCUT2D eigenvalue weighted by atomic mass is 32.1. The fraction of sp³-hybridized carbons (Fsp3) is 0.367. The molecule has 0 saturated carbocycles. The zero-order valence-electron chi connectivity index (χ0n) is 20.9. The molecule has 4 nitrogen and oxygen atoms in total. The van der Waals surface area contributed by atoms with Crippen molar-refractivity contribution in [3.8, 4) is 5.75 Å². The van der Waals surface area contributed by atoms with Crippen LogP contribution >= 0.6 is 11.3 Å². The van der Waals surface area contributed by atoms with Crippen LogP contribution in [-0.2, 0) is 0 Å². The van der Waals surface area contributed by atoms with Gasteiger partial charge in [0, 0.05) is 30.7 Å². The summed E-state index contributed by atoms with van der Waals surface area (Å²) >= 11 is 1.53. The zero-order valence-corrected chi connectivity index (χ0v) is 21.7. The van der Waals surface area contributed by atoms with Crippen molar-refractivity contribution in [1.29, 1.82) is 0 Å². The summed E-state index contributed by atoms with van der Waals surface area (Å²) < 4.78 is 7.25. The minimum atomic E-state index is 0.0411. The van der Waals surface area contributed by atoms with E-state index >= 15 is 0 Å². The van der Waals surface area contributed by atoms with Gasteiger partial charge in [-0.1, -0.05) is 48.0 Å². The maximum Gasteiger partial charge on any atom is 0.263 e. The highest BCUT2D eigenvalue weighted by Crippen LogP contribution is 2.34. The summed E-state index contributed by atoms with van der Waals surface area (Å²) in [6.45, 7) is 6.20. The summed E-state index contributed by atoms with van der Waals surface area (Å²) in [6, 6.07) is 21.8. The summed E-state index contributed by atoms with van der Waals surface area (Å²) in [5, 5.41) is 3.73. The average Bonchev–Trinajstić information content (AvgIpc) is 3.31. The van der Waals surface area contributed by atoms with E-state index in [1.165, 1.54) is 46.1 Å². The number of likely N-dealkylation sites (tertiary alicyclic amines) is 1. The molecule has 1 aliphatic heterocycles. The van der Waals surface area contributed by atoms with Crippen molar-refractivity contribution in [1.82, 2.24) is 9.80 Å². The molecule has 1 aliphatic rings. The summed E-state index contributed by atoms with van der Waals surface area (Å²) in [4.78, 5) is 17.3. The maximum atomic E-state index is 12.3. The normalized spacial score (nSPS) is 15.1. The van der Waals surface area contributed by atoms with Gasteiger partial charge in [-0.3, -0.25) is 4.79 Å². The molecule has 1 aromatic heterocycles. The van der Waals surface area contributed by atoms with Crippen LogP contribution in [-0.4, -0.2) is 56.0 Å². The quantitative estimate of drug-likeness (QED) is 0.272. The smallest absolute Gasteiger partial charge is 0.263 e. The molecule has 0 radical (unpaired) electrons. The Morgan fingerprint density at radius 2 is 1.80 bits per heavy atom. The van der Waals surface area contributed by atoms with Gasteiger partial charge in [0.15, 0.2) is 0 Å². The van der Waals surface area contributed by atoms with Crippen LogP contribution in [0.4, 0.5) is 0 Å². The van der Waals surface area contributed by atoms with Crippen molar-refractivity contribution >= 4 is 38.1 Å². The largest absolute Gasteiger partial charge is 0.493 e. The molecule has 4 aromatic rings. The van der Waals surface area contributed by atoms with Crippen LogP contribution in [0.25, 0.3) is 20.9 Å². The molecule has 5 rings (SSSR count). The Balaban J connectivity index is 1.11. The number of hydrogen-bond donors (Lipinski definition) is 0. The van der Waals surface area contributed by atoms with Crippen LogP contribution in [0.15, 0.2) is 60.7 Å². The Labute approximate surface area is 212 Å². The lowest BCUT2D eigenvalue weighted by atomic mass is 9.88. The average molecular weight is 487 g/mol. The summed E-state index contributed by atoms with van der Waals surface area (Å²) in [5.41, 5.74) is 2.80. The standard InChI is InChI=1S/C30H34N2O2S/c1-21-8-9-25-19-24(11-10-23(25)18-21)22-12-15-32(16-13-22)14-5-17-34-27-6-4-7-28-26(27)20-29(35-28)30(33)31(2)3/h4,6-11,18-20,22H,5,12-17H2,1-3H3. The molecule has 182 valence electrons. The molecule has 2 heterocycles. The molecule has 5 heteroatoms. The third-order valence-corrected chi connectivity index (χ3v) is 8.18. The molecular formula is C30H34N2O2S. The number of ether oxygens (including phenoxy) is 1. The Morgan fingerprint density at radius 3 is 2.60 bits per heavy atom. The number of carbonyl (C=O) groups excluding carboxylic acids is 1. The highest BCUT2D eigenvalue weighted by Gasteiger charge is 2.21. The second kappa shape index (κ2) is 10.4. The van der Waals surface area contributed by atoms with Gasteiger partial charge in [-0.25, -0.2) is 0 Å². The van der Waals surface area contributed by atoms with E-state index in [1.54, 1.807) is 19.0 Å². The Bertz CT molecular complexity index is 1330. The van der Waals surface area contributed by atoms with Crippen LogP contribution < -0.4 is 4.74 Å². The van der Waals surface area contributed by atoms with Crippen molar-refractivity contribution in [3.63, 3.8) is 0 Å². The fourth-order valence-corrected chi connectivity index (χ4v) is 6.18. The lowest BCUT2D eigenvalue weighted by Crippen LogP contribution is -2.34. The molecule has 3 aromatic carbocycles. The second-order valence-electron chi connectivity index (χ2n) is 9.91. The van der Waals surface area contributed by atoms with Crippen molar-refractivity contribution < 1.29 is 9.53 Å². The predicted octanol–water partition coefficient (Wildman–Crippen LogP) is 6.71. The molecule has 35 heavy (non-hydrogen) atoms. The lowest BCUT2D eigenvalue weighted by molar-refractivity contribution is 0.0832. The first-order valence-corrected chi connectivity index (χ1v) is 13.4. The first-order valence-electron chi connectivity index (χ1n) is 12.6. The van der Waals surface area contributed by atoms with E-state index in [1.807, 2.05) is 18.2 Å². The van der Waals surface area contributed by atoms with Gasteiger partial charge < -0.3 is 14.5 Å². The summed E-state index contributed by atoms with van der Waals surface area (Å²) in [7, 11) is 3.57. The van der Waals surface area contributed by atoms with E-state index in [-0.39, 0.29) is 5.91 Å². The number of hydrogen-bond acceptors (Lipinski definition) is 4. The third-order valence-electron chi connectivity index (χ3n) is 7.09. The van der Waals surface area contributed by atoms with Gasteiger partial charge >= 0.3 is 0 Å². The van der Waals surface area contributed by atoms with Gasteiger partial charge in [-0.15, -0.1) is 11.3 Å². The molecule has 1 saturated heterocycles. The topological polar surface area (TPSA) is 32.8 Å². The monoisotopic (exact) mass is 486 g/mol. The van der Waals surface area contributed by atoms with E-state index in [0.29, 0.717) is 12.5 Å². The fourth-order valence-electron chi connectivity index (χ4n) is 5.08. The van der Waals surface area contributed by atoms with Crippen molar-refractivity contribution in [2.75, 3.05) is 40.3 Å². The first-order chi connectivity index (χ1) is 17.0. The second-order valence-corrected chi connectivity index (χ2v) is 11.0. The Hall–Kier alpha value is -2.89. The van der Waals surface area contributed by atoms with E-state index in [0.717, 1.165) is 46.8 Å². The van der Waals surface area contributed by atoms with Gasteiger partial charge in [0.05, 0.1) is 11.5 Å². The van der Waals surface area contributed by atoms with Gasteiger partial charge in [0.1, 0.15) is 5.75 Å². The van der Waals surface area contributed by atoms with Crippen LogP contribution in [0.3, 0.4) is 0 Å². The Kier molecular flexibility index (Phi) is 7.07. The third kappa shape index (κ3) is 5.36. The number of amides is 1. The summed E-state index contributed by atoms with van der Waals surface area (Å²) in [6.07, 6.45) is 3.44. The van der Waals surface area contributed by atoms with Crippen molar-refractivity contribution in [3.05, 3.63) is 76.7 Å². The number of fused-ring (bicyclic) bond motifs is 2. The lowest BCUT2D eigenvalue weighted by Gasteiger charge is -2.32. The maximum absolute atomic E-state index is 12.3. The Morgan fingerprint density at radius 1 is 1.03 bits per heavy atom. The van der Waals surface area contributed by atoms with E-state index in [4.69, 9.17) is 4.74 Å². The number of rotatable bonds is 7. The number of piperidine rings is 1. The SMILES string of the molecule is Cc1ccc2cc(C3CCN(CCCOc4cccc5sc(C(=O)N(C)C)cc45)CC3)ccc2c1. The van der Waals surface area contributed by atoms with Gasteiger partial charge in [-0.2, -0.15) is 0 Å². The minimum Gasteiger partial charge on any atom is -0.493 e. The molecule has 0 unspecified atom stereocenters. The van der Waals surface area contributed by atoms with Gasteiger partial charge in [0.25, 0.3) is 5.91 Å². The molecule has 0 N–H and O–H groups in total. The van der Waals surface area contributed by atoms with E-state index in [2.05, 4.69) is 54.3 Å². The molecule has 1 fully saturated rings. The molecule has 0 aliphatic carbocycles. The molecule has 1 amide bonds. The van der Waals surface area contributed by atoms with Crippen LogP contribution in [0, 0.1) is 6.92 Å². The number of thiophene rings is 1.